The molecule has 2 N–H and O–H groups in total. The van der Waals surface area contributed by atoms with Crippen molar-refractivity contribution in [3.63, 3.8) is 0 Å². The lowest BCUT2D eigenvalue weighted by atomic mass is 10.1. The third kappa shape index (κ3) is 9.38. The molecule has 0 unspecified atom stereocenters. The Morgan fingerprint density at radius 2 is 1.28 bits per heavy atom. The summed E-state index contributed by atoms with van der Waals surface area (Å²) < 4.78 is 11.5. The molecule has 0 aromatic heterocycles. The van der Waals surface area contributed by atoms with Crippen molar-refractivity contribution in [1.82, 2.24) is 15.1 Å². The highest BCUT2D eigenvalue weighted by Gasteiger charge is 2.43. The number of aliphatic imine (C=N–C) groups is 2. The lowest BCUT2D eigenvalue weighted by Gasteiger charge is -2.30. The monoisotopic (exact) mass is 655 g/mol. The van der Waals surface area contributed by atoms with Gasteiger partial charge in [-0.2, -0.15) is 9.59 Å². The Kier molecular flexibility index (Phi) is 14.2. The lowest BCUT2D eigenvalue weighted by molar-refractivity contribution is -0.191. The van der Waals surface area contributed by atoms with E-state index in [1.807, 2.05) is 84.3 Å². The standard InChI is InChI=1S/2C13H14N2O2.C5H10ClNO2.CO2/c2*1-9-11-8-17-13(10-5-3-2-4-6-10)15(11)12(16)7-14-9;1-4(3-8)7-5(9)2-6;2-1-3/h2*2-6,11,13H,7-8H2,1H3;4,8H,2-3H2,1H3,(H,7,9);/t11-,13+;11-,13-;4-;/m001./s1. The molecule has 0 radical (unpaired) electrons. The van der Waals surface area contributed by atoms with E-state index in [9.17, 15) is 14.4 Å². The van der Waals surface area contributed by atoms with E-state index in [1.54, 1.807) is 6.92 Å². The summed E-state index contributed by atoms with van der Waals surface area (Å²) in [6, 6.07) is 19.5. The third-order valence-corrected chi connectivity index (χ3v) is 7.68. The minimum absolute atomic E-state index is 0.0152. The third-order valence-electron chi connectivity index (χ3n) is 7.44. The molecule has 0 aliphatic carbocycles. The van der Waals surface area contributed by atoms with Crippen molar-refractivity contribution in [2.45, 2.75) is 51.4 Å². The van der Waals surface area contributed by atoms with Crippen LogP contribution in [0.3, 0.4) is 0 Å². The molecular formula is C32H38ClN5O8. The van der Waals surface area contributed by atoms with Crippen LogP contribution in [0, 0.1) is 0 Å². The van der Waals surface area contributed by atoms with E-state index in [-0.39, 0.29) is 80.0 Å². The predicted octanol–water partition coefficient (Wildman–Crippen LogP) is 1.91. The maximum Gasteiger partial charge on any atom is 0.373 e. The molecule has 0 saturated carbocycles. The van der Waals surface area contributed by atoms with Crippen LogP contribution >= 0.6 is 11.6 Å². The molecule has 0 bridgehead atoms. The van der Waals surface area contributed by atoms with Crippen molar-refractivity contribution in [3.05, 3.63) is 71.8 Å². The molecule has 3 amide bonds. The average Bonchev–Trinajstić information content (AvgIpc) is 3.74. The van der Waals surface area contributed by atoms with E-state index in [1.165, 1.54) is 0 Å². The molecule has 4 heterocycles. The topological polar surface area (TPSA) is 167 Å². The number of ether oxygens (including phenoxy) is 2. The lowest BCUT2D eigenvalue weighted by Crippen LogP contribution is -2.46. The van der Waals surface area contributed by atoms with E-state index in [0.717, 1.165) is 22.6 Å². The zero-order valence-electron chi connectivity index (χ0n) is 25.9. The Morgan fingerprint density at radius 3 is 1.63 bits per heavy atom. The van der Waals surface area contributed by atoms with Gasteiger partial charge in [-0.3, -0.25) is 24.4 Å². The number of carbonyl (C=O) groups excluding carboxylic acids is 5. The summed E-state index contributed by atoms with van der Waals surface area (Å²) in [4.78, 5) is 62.7. The Morgan fingerprint density at radius 1 is 0.891 bits per heavy atom. The molecular weight excluding hydrogens is 618 g/mol. The molecule has 14 heteroatoms. The number of nitrogens with one attached hydrogen (secondary N) is 1. The zero-order valence-corrected chi connectivity index (χ0v) is 26.6. The predicted molar refractivity (Wildman–Crippen MR) is 168 cm³/mol. The van der Waals surface area contributed by atoms with Gasteiger partial charge in [-0.1, -0.05) is 60.7 Å². The number of amides is 3. The van der Waals surface area contributed by atoms with Crippen LogP contribution in [0.4, 0.5) is 0 Å². The van der Waals surface area contributed by atoms with Gasteiger partial charge in [0, 0.05) is 28.6 Å². The smallest absolute Gasteiger partial charge is 0.373 e. The van der Waals surface area contributed by atoms with Crippen LogP contribution < -0.4 is 5.32 Å². The van der Waals surface area contributed by atoms with Crippen molar-refractivity contribution in [3.8, 4) is 0 Å². The highest BCUT2D eigenvalue weighted by atomic mass is 35.5. The summed E-state index contributed by atoms with van der Waals surface area (Å²) in [6.07, 6.45) is -0.252. The van der Waals surface area contributed by atoms with Gasteiger partial charge < -0.3 is 29.7 Å². The summed E-state index contributed by atoms with van der Waals surface area (Å²) in [6.45, 7) is 7.14. The van der Waals surface area contributed by atoms with Gasteiger partial charge in [0.1, 0.15) is 19.0 Å². The van der Waals surface area contributed by atoms with Crippen molar-refractivity contribution in [2.75, 3.05) is 38.8 Å². The number of aliphatic hydroxyl groups is 1. The molecule has 2 aromatic rings. The molecule has 13 nitrogen and oxygen atoms in total. The number of halogens is 1. The highest BCUT2D eigenvalue weighted by Crippen LogP contribution is 2.34. The van der Waals surface area contributed by atoms with Gasteiger partial charge in [-0.05, 0) is 20.8 Å². The van der Waals surface area contributed by atoms with Gasteiger partial charge in [0.25, 0.3) is 0 Å². The van der Waals surface area contributed by atoms with Gasteiger partial charge in [-0.25, -0.2) is 0 Å². The van der Waals surface area contributed by atoms with Crippen LogP contribution in [-0.4, -0.2) is 107 Å². The number of hydrogen-bond acceptors (Lipinski definition) is 10. The van der Waals surface area contributed by atoms with Gasteiger partial charge in [0.2, 0.25) is 17.7 Å². The Labute approximate surface area is 272 Å². The second-order valence-corrected chi connectivity index (χ2v) is 10.9. The number of nitrogens with zero attached hydrogens (tertiary/aromatic N) is 4. The average molecular weight is 656 g/mol. The minimum Gasteiger partial charge on any atom is -0.394 e. The second kappa shape index (κ2) is 18.0. The summed E-state index contributed by atoms with van der Waals surface area (Å²) in [5, 5.41) is 10.9. The van der Waals surface area contributed by atoms with Crippen LogP contribution in [0.2, 0.25) is 0 Å². The van der Waals surface area contributed by atoms with Gasteiger partial charge >= 0.3 is 6.15 Å². The van der Waals surface area contributed by atoms with Gasteiger partial charge in [0.15, 0.2) is 12.5 Å². The largest absolute Gasteiger partial charge is 0.394 e. The Bertz CT molecular complexity index is 1330. The number of benzene rings is 2. The fraction of sp³-hybridized carbons (Fsp3) is 0.438. The van der Waals surface area contributed by atoms with Gasteiger partial charge in [0.05, 0.1) is 31.9 Å². The van der Waals surface area contributed by atoms with Crippen LogP contribution in [0.1, 0.15) is 44.4 Å². The summed E-state index contributed by atoms with van der Waals surface area (Å²) in [7, 11) is 0. The minimum atomic E-state index is -0.252. The van der Waals surface area contributed by atoms with E-state index in [2.05, 4.69) is 15.3 Å². The molecule has 2 saturated heterocycles. The highest BCUT2D eigenvalue weighted by molar-refractivity contribution is 6.27. The SMILES string of the molecule is CC1=NCC(=O)N2[C@@H](c3ccccc3)OC[C@@H]12.CC1=NCC(=O)N2[C@H]1CO[C@H]2c1ccccc1.C[C@H](CO)NC(=O)CCl.O=C=O. The number of fused-ring (bicyclic) bond motifs is 2. The molecule has 2 aromatic carbocycles. The molecule has 2 fully saturated rings. The van der Waals surface area contributed by atoms with Crippen LogP contribution in [0.25, 0.3) is 0 Å². The number of aliphatic hydroxyl groups excluding tert-OH is 1. The second-order valence-electron chi connectivity index (χ2n) is 10.6. The number of carbonyl (C=O) groups is 3. The normalized spacial score (nSPS) is 23.3. The van der Waals surface area contributed by atoms with Gasteiger partial charge in [-0.15, -0.1) is 11.6 Å². The first kappa shape index (κ1) is 36.2. The number of hydrogen-bond donors (Lipinski definition) is 2. The molecule has 5 atom stereocenters. The Balaban J connectivity index is 0.000000189. The quantitative estimate of drug-likeness (QED) is 0.461. The van der Waals surface area contributed by atoms with Crippen LogP contribution in [0.15, 0.2) is 70.6 Å². The van der Waals surface area contributed by atoms with Crippen molar-refractivity contribution in [2.24, 2.45) is 9.98 Å². The van der Waals surface area contributed by atoms with Crippen molar-refractivity contribution < 1.29 is 38.6 Å². The molecule has 46 heavy (non-hydrogen) atoms. The van der Waals surface area contributed by atoms with E-state index < -0.39 is 0 Å². The first-order valence-electron chi connectivity index (χ1n) is 14.6. The van der Waals surface area contributed by atoms with Crippen LogP contribution in [-0.2, 0) is 33.4 Å². The Hall–Kier alpha value is -4.26. The first-order chi connectivity index (χ1) is 22.2. The first-order valence-corrected chi connectivity index (χ1v) is 15.1. The molecule has 4 aliphatic heterocycles. The maximum absolute atomic E-state index is 11.9. The number of rotatable bonds is 5. The molecule has 0 spiro atoms. The van der Waals surface area contributed by atoms with E-state index >= 15 is 0 Å². The van der Waals surface area contributed by atoms with Crippen molar-refractivity contribution >= 4 is 46.9 Å². The fourth-order valence-electron chi connectivity index (χ4n) is 5.13. The molecule has 6 rings (SSSR count). The summed E-state index contributed by atoms with van der Waals surface area (Å²) in [5.74, 6) is -0.207. The molecule has 4 aliphatic rings. The van der Waals surface area contributed by atoms with E-state index in [4.69, 9.17) is 35.8 Å². The van der Waals surface area contributed by atoms with Crippen LogP contribution in [0.5, 0.6) is 0 Å². The maximum atomic E-state index is 11.9. The fourth-order valence-corrected chi connectivity index (χ4v) is 5.21. The number of alkyl halides is 1. The van der Waals surface area contributed by atoms with Crippen molar-refractivity contribution in [1.29, 1.82) is 0 Å². The zero-order chi connectivity index (χ0) is 33.6. The summed E-state index contributed by atoms with van der Waals surface area (Å²) >= 11 is 5.16. The molecule has 246 valence electrons. The summed E-state index contributed by atoms with van der Waals surface area (Å²) in [5.41, 5.74) is 4.03. The van der Waals surface area contributed by atoms with E-state index in [0.29, 0.717) is 13.2 Å².